The van der Waals surface area contributed by atoms with Crippen LogP contribution in [-0.4, -0.2) is 85.8 Å². The number of ether oxygens (including phenoxy) is 1. The standard InChI is InChI=1S/C23H36N6O2.HI/c1-5-28(6-2)22(19-8-7-9-21(16-19)30-4)17-25-23(24-3)29-13-11-27(12-14-29)18-20-10-15-31-26-20;/h7-10,15-16,22H,5-6,11-14,17-18H2,1-4H3,(H,24,25);1H. The van der Waals surface area contributed by atoms with Gasteiger partial charge in [-0.2, -0.15) is 0 Å². The number of guanidine groups is 1. The van der Waals surface area contributed by atoms with E-state index in [0.717, 1.165) is 69.8 Å². The van der Waals surface area contributed by atoms with Crippen LogP contribution in [-0.2, 0) is 6.54 Å². The van der Waals surface area contributed by atoms with Crippen LogP contribution in [0.3, 0.4) is 0 Å². The Kier molecular flexibility index (Phi) is 11.3. The Labute approximate surface area is 209 Å². The smallest absolute Gasteiger partial charge is 0.193 e. The molecule has 1 aromatic carbocycles. The minimum absolute atomic E-state index is 0. The predicted octanol–water partition coefficient (Wildman–Crippen LogP) is 3.08. The van der Waals surface area contributed by atoms with Gasteiger partial charge in [0.2, 0.25) is 0 Å². The van der Waals surface area contributed by atoms with Gasteiger partial charge in [0.1, 0.15) is 12.0 Å². The second-order valence-corrected chi connectivity index (χ2v) is 7.70. The molecule has 1 fully saturated rings. The van der Waals surface area contributed by atoms with E-state index in [1.165, 1.54) is 5.56 Å². The molecule has 2 heterocycles. The van der Waals surface area contributed by atoms with Gasteiger partial charge in [0.05, 0.1) is 18.8 Å². The van der Waals surface area contributed by atoms with Gasteiger partial charge in [-0.25, -0.2) is 0 Å². The van der Waals surface area contributed by atoms with Crippen molar-refractivity contribution in [2.75, 3.05) is 60.0 Å². The minimum atomic E-state index is 0. The van der Waals surface area contributed by atoms with Gasteiger partial charge in [-0.1, -0.05) is 31.1 Å². The molecular weight excluding hydrogens is 519 g/mol. The zero-order valence-corrected chi connectivity index (χ0v) is 22.0. The summed E-state index contributed by atoms with van der Waals surface area (Å²) >= 11 is 0. The first-order valence-electron chi connectivity index (χ1n) is 11.1. The van der Waals surface area contributed by atoms with E-state index in [1.54, 1.807) is 13.4 Å². The van der Waals surface area contributed by atoms with Crippen LogP contribution in [0.5, 0.6) is 5.75 Å². The maximum atomic E-state index is 5.46. The number of hydrogen-bond acceptors (Lipinski definition) is 6. The molecule has 0 saturated carbocycles. The normalized spacial score (nSPS) is 16.0. The van der Waals surface area contributed by atoms with E-state index in [-0.39, 0.29) is 30.0 Å². The van der Waals surface area contributed by atoms with Gasteiger partial charge in [-0.3, -0.25) is 14.8 Å². The fourth-order valence-corrected chi connectivity index (χ4v) is 4.16. The molecule has 0 amide bonds. The van der Waals surface area contributed by atoms with Crippen LogP contribution in [0.1, 0.15) is 31.1 Å². The quantitative estimate of drug-likeness (QED) is 0.289. The number of nitrogens with zero attached hydrogens (tertiary/aromatic N) is 5. The van der Waals surface area contributed by atoms with Gasteiger partial charge in [0.25, 0.3) is 0 Å². The summed E-state index contributed by atoms with van der Waals surface area (Å²) in [5, 5.41) is 7.66. The Hall–Kier alpha value is -1.85. The van der Waals surface area contributed by atoms with Crippen LogP contribution < -0.4 is 10.1 Å². The van der Waals surface area contributed by atoms with Gasteiger partial charge in [-0.05, 0) is 30.8 Å². The maximum Gasteiger partial charge on any atom is 0.193 e. The number of likely N-dealkylation sites (N-methyl/N-ethyl adjacent to an activating group) is 1. The van der Waals surface area contributed by atoms with Crippen molar-refractivity contribution < 1.29 is 9.26 Å². The van der Waals surface area contributed by atoms with Crippen molar-refractivity contribution in [3.05, 3.63) is 47.9 Å². The van der Waals surface area contributed by atoms with Crippen molar-refractivity contribution in [1.29, 1.82) is 0 Å². The number of hydrogen-bond donors (Lipinski definition) is 1. The van der Waals surface area contributed by atoms with E-state index < -0.39 is 0 Å². The van der Waals surface area contributed by atoms with Crippen LogP contribution >= 0.6 is 24.0 Å². The van der Waals surface area contributed by atoms with Crippen LogP contribution in [0.2, 0.25) is 0 Å². The largest absolute Gasteiger partial charge is 0.497 e. The van der Waals surface area contributed by atoms with Gasteiger partial charge in [0.15, 0.2) is 5.96 Å². The minimum Gasteiger partial charge on any atom is -0.497 e. The molecule has 0 aliphatic carbocycles. The highest BCUT2D eigenvalue weighted by Crippen LogP contribution is 2.24. The fraction of sp³-hybridized carbons (Fsp3) is 0.565. The zero-order valence-electron chi connectivity index (χ0n) is 19.7. The Morgan fingerprint density at radius 3 is 2.56 bits per heavy atom. The number of piperazine rings is 1. The third-order valence-corrected chi connectivity index (χ3v) is 5.95. The summed E-state index contributed by atoms with van der Waals surface area (Å²) in [6, 6.07) is 10.5. The van der Waals surface area contributed by atoms with E-state index in [1.807, 2.05) is 19.2 Å². The van der Waals surface area contributed by atoms with Crippen molar-refractivity contribution >= 4 is 29.9 Å². The van der Waals surface area contributed by atoms with E-state index in [2.05, 4.69) is 62.2 Å². The predicted molar refractivity (Wildman–Crippen MR) is 139 cm³/mol. The number of rotatable bonds is 9. The van der Waals surface area contributed by atoms with Crippen molar-refractivity contribution in [3.8, 4) is 5.75 Å². The van der Waals surface area contributed by atoms with Crippen LogP contribution in [0.4, 0.5) is 0 Å². The van der Waals surface area contributed by atoms with Gasteiger partial charge >= 0.3 is 0 Å². The number of nitrogens with one attached hydrogen (secondary N) is 1. The molecule has 178 valence electrons. The third kappa shape index (κ3) is 7.08. The van der Waals surface area contributed by atoms with E-state index >= 15 is 0 Å². The highest BCUT2D eigenvalue weighted by molar-refractivity contribution is 14.0. The second-order valence-electron chi connectivity index (χ2n) is 7.70. The molecule has 1 aliphatic heterocycles. The lowest BCUT2D eigenvalue weighted by atomic mass is 10.0. The molecule has 8 nitrogen and oxygen atoms in total. The Balaban J connectivity index is 0.00000363. The summed E-state index contributed by atoms with van der Waals surface area (Å²) in [7, 11) is 3.58. The summed E-state index contributed by atoms with van der Waals surface area (Å²) in [6.45, 7) is 11.8. The molecule has 2 aromatic rings. The Bertz CT molecular complexity index is 805. The van der Waals surface area contributed by atoms with Gasteiger partial charge < -0.3 is 19.5 Å². The average molecular weight is 556 g/mol. The van der Waals surface area contributed by atoms with Crippen LogP contribution in [0, 0.1) is 0 Å². The monoisotopic (exact) mass is 556 g/mol. The molecule has 1 atom stereocenters. The SMILES string of the molecule is CCN(CC)C(CNC(=NC)N1CCN(Cc2ccon2)CC1)c1cccc(OC)c1.I. The lowest BCUT2D eigenvalue weighted by molar-refractivity contribution is 0.167. The number of benzene rings is 1. The molecular formula is C23H37IN6O2. The molecule has 1 aliphatic rings. The molecule has 0 bridgehead atoms. The van der Waals surface area contributed by atoms with Crippen molar-refractivity contribution in [1.82, 2.24) is 25.2 Å². The highest BCUT2D eigenvalue weighted by Gasteiger charge is 2.23. The summed E-state index contributed by atoms with van der Waals surface area (Å²) in [5.74, 6) is 1.85. The molecule has 32 heavy (non-hydrogen) atoms. The molecule has 1 N–H and O–H groups in total. The molecule has 3 rings (SSSR count). The first-order valence-corrected chi connectivity index (χ1v) is 11.1. The summed E-state index contributed by atoms with van der Waals surface area (Å²) in [6.07, 6.45) is 1.63. The first kappa shape index (κ1) is 26.4. The van der Waals surface area contributed by atoms with Crippen LogP contribution in [0.25, 0.3) is 0 Å². The number of methoxy groups -OCH3 is 1. The summed E-state index contributed by atoms with van der Waals surface area (Å²) in [4.78, 5) is 11.8. The Morgan fingerprint density at radius 2 is 1.97 bits per heavy atom. The van der Waals surface area contributed by atoms with E-state index in [4.69, 9.17) is 9.26 Å². The molecule has 1 unspecified atom stereocenters. The maximum absolute atomic E-state index is 5.46. The number of aromatic nitrogens is 1. The second kappa shape index (κ2) is 13.6. The molecule has 9 heteroatoms. The van der Waals surface area contributed by atoms with Gasteiger partial charge in [0, 0.05) is 52.4 Å². The van der Waals surface area contributed by atoms with E-state index in [0.29, 0.717) is 0 Å². The number of aliphatic imine (C=N–C) groups is 1. The van der Waals surface area contributed by atoms with Crippen molar-refractivity contribution in [2.24, 2.45) is 4.99 Å². The molecule has 0 radical (unpaired) electrons. The number of halogens is 1. The summed E-state index contributed by atoms with van der Waals surface area (Å²) in [5.41, 5.74) is 2.24. The third-order valence-electron chi connectivity index (χ3n) is 5.95. The molecule has 1 aromatic heterocycles. The lowest BCUT2D eigenvalue weighted by Crippen LogP contribution is -2.53. The lowest BCUT2D eigenvalue weighted by Gasteiger charge is -2.37. The highest BCUT2D eigenvalue weighted by atomic mass is 127. The van der Waals surface area contributed by atoms with Crippen molar-refractivity contribution in [2.45, 2.75) is 26.4 Å². The topological polar surface area (TPSA) is 69.4 Å². The average Bonchev–Trinajstić information content (AvgIpc) is 3.33. The van der Waals surface area contributed by atoms with E-state index in [9.17, 15) is 0 Å². The Morgan fingerprint density at radius 1 is 1.22 bits per heavy atom. The van der Waals surface area contributed by atoms with Crippen molar-refractivity contribution in [3.63, 3.8) is 0 Å². The van der Waals surface area contributed by atoms with Crippen LogP contribution in [0.15, 0.2) is 46.1 Å². The first-order chi connectivity index (χ1) is 15.2. The summed E-state index contributed by atoms with van der Waals surface area (Å²) < 4.78 is 10.4. The fourth-order valence-electron chi connectivity index (χ4n) is 4.16. The van der Waals surface area contributed by atoms with Gasteiger partial charge in [-0.15, -0.1) is 24.0 Å². The zero-order chi connectivity index (χ0) is 22.1. The molecule has 1 saturated heterocycles. The molecule has 0 spiro atoms.